The normalized spacial score (nSPS) is 15.7. The highest BCUT2D eigenvalue weighted by atomic mass is 16.7. The predicted octanol–water partition coefficient (Wildman–Crippen LogP) is 2.27. The van der Waals surface area contributed by atoms with Gasteiger partial charge in [0, 0.05) is 56.1 Å². The van der Waals surface area contributed by atoms with Crippen LogP contribution in [-0.2, 0) is 9.59 Å². The van der Waals surface area contributed by atoms with Crippen molar-refractivity contribution < 1.29 is 19.1 Å². The first-order valence-electron chi connectivity index (χ1n) is 10.2. The Morgan fingerprint density at radius 2 is 1.87 bits per heavy atom. The van der Waals surface area contributed by atoms with Crippen LogP contribution in [0.1, 0.15) is 25.7 Å². The van der Waals surface area contributed by atoms with Gasteiger partial charge in [-0.2, -0.15) is 0 Å². The summed E-state index contributed by atoms with van der Waals surface area (Å²) in [6, 6.07) is 7.12. The molecule has 0 unspecified atom stereocenters. The quantitative estimate of drug-likeness (QED) is 0.673. The molecule has 9 heteroatoms. The molecule has 0 bridgehead atoms. The number of hydrogen-bond acceptors (Lipinski definition) is 7. The summed E-state index contributed by atoms with van der Waals surface area (Å²) in [7, 11) is 0. The van der Waals surface area contributed by atoms with E-state index in [1.807, 2.05) is 4.90 Å². The lowest BCUT2D eigenvalue weighted by molar-refractivity contribution is -0.134. The maximum atomic E-state index is 12.6. The van der Waals surface area contributed by atoms with Crippen LogP contribution >= 0.6 is 0 Å². The van der Waals surface area contributed by atoms with E-state index in [1.165, 1.54) is 0 Å². The van der Waals surface area contributed by atoms with Gasteiger partial charge in [0.15, 0.2) is 11.5 Å². The summed E-state index contributed by atoms with van der Waals surface area (Å²) in [6.07, 6.45) is 5.85. The van der Waals surface area contributed by atoms with Crippen LogP contribution in [0.25, 0.3) is 0 Å². The van der Waals surface area contributed by atoms with Crippen molar-refractivity contribution in [2.45, 2.75) is 25.7 Å². The van der Waals surface area contributed by atoms with E-state index in [-0.39, 0.29) is 24.5 Å². The fourth-order valence-corrected chi connectivity index (χ4v) is 3.60. The molecule has 0 spiro atoms. The lowest BCUT2D eigenvalue weighted by atomic mass is 9.95. The smallest absolute Gasteiger partial charge is 0.231 e. The molecule has 1 aromatic heterocycles. The number of ether oxygens (including phenoxy) is 2. The molecule has 0 saturated carbocycles. The molecular weight excluding hydrogens is 386 g/mol. The fourth-order valence-electron chi connectivity index (χ4n) is 3.60. The van der Waals surface area contributed by atoms with Gasteiger partial charge in [-0.25, -0.2) is 9.97 Å². The van der Waals surface area contributed by atoms with E-state index < -0.39 is 0 Å². The van der Waals surface area contributed by atoms with Crippen LogP contribution in [0.4, 0.5) is 11.6 Å². The number of carbonyl (C=O) groups is 2. The Bertz CT molecular complexity index is 884. The third-order valence-electron chi connectivity index (χ3n) is 5.27. The van der Waals surface area contributed by atoms with Gasteiger partial charge < -0.3 is 25.0 Å². The van der Waals surface area contributed by atoms with Crippen molar-refractivity contribution in [3.05, 3.63) is 36.7 Å². The van der Waals surface area contributed by atoms with Crippen molar-refractivity contribution in [2.24, 2.45) is 5.92 Å². The molecule has 0 aliphatic carbocycles. The summed E-state index contributed by atoms with van der Waals surface area (Å²) < 4.78 is 10.6. The van der Waals surface area contributed by atoms with E-state index >= 15 is 0 Å². The first-order chi connectivity index (χ1) is 14.7. The minimum atomic E-state index is -0.101. The summed E-state index contributed by atoms with van der Waals surface area (Å²) in [5.74, 6) is 1.90. The summed E-state index contributed by atoms with van der Waals surface area (Å²) in [5.41, 5.74) is 0.692. The SMILES string of the molecule is O=C(Nc1ccc2c(c1)OCO2)C1CCN(C(=O)CCCNc2ncccn2)CC1. The van der Waals surface area contributed by atoms with Gasteiger partial charge >= 0.3 is 0 Å². The molecule has 30 heavy (non-hydrogen) atoms. The molecule has 2 aromatic rings. The number of hydrogen-bond donors (Lipinski definition) is 2. The van der Waals surface area contributed by atoms with Crippen LogP contribution in [0.3, 0.4) is 0 Å². The molecule has 1 fully saturated rings. The molecular formula is C21H25N5O4. The zero-order valence-corrected chi connectivity index (χ0v) is 16.7. The second-order valence-electron chi connectivity index (χ2n) is 7.32. The minimum absolute atomic E-state index is 0.0203. The van der Waals surface area contributed by atoms with Crippen LogP contribution in [0.2, 0.25) is 0 Å². The Labute approximate surface area is 174 Å². The van der Waals surface area contributed by atoms with Crippen molar-refractivity contribution in [3.63, 3.8) is 0 Å². The first-order valence-corrected chi connectivity index (χ1v) is 10.2. The molecule has 9 nitrogen and oxygen atoms in total. The first kappa shape index (κ1) is 19.9. The van der Waals surface area contributed by atoms with Gasteiger partial charge in [0.05, 0.1) is 0 Å². The highest BCUT2D eigenvalue weighted by Gasteiger charge is 2.27. The van der Waals surface area contributed by atoms with Crippen LogP contribution in [0, 0.1) is 5.92 Å². The largest absolute Gasteiger partial charge is 0.454 e. The van der Waals surface area contributed by atoms with Gasteiger partial charge in [0.1, 0.15) is 0 Å². The Balaban J connectivity index is 1.17. The number of nitrogens with one attached hydrogen (secondary N) is 2. The zero-order valence-electron chi connectivity index (χ0n) is 16.7. The van der Waals surface area contributed by atoms with E-state index in [9.17, 15) is 9.59 Å². The van der Waals surface area contributed by atoms with E-state index in [0.29, 0.717) is 68.5 Å². The number of fused-ring (bicyclic) bond motifs is 1. The van der Waals surface area contributed by atoms with Gasteiger partial charge in [-0.1, -0.05) is 0 Å². The molecule has 1 saturated heterocycles. The molecule has 1 aromatic carbocycles. The number of anilines is 2. The van der Waals surface area contributed by atoms with Gasteiger partial charge in [-0.3, -0.25) is 9.59 Å². The van der Waals surface area contributed by atoms with Crippen LogP contribution in [0.15, 0.2) is 36.7 Å². The van der Waals surface area contributed by atoms with Gasteiger partial charge in [-0.05, 0) is 37.5 Å². The third kappa shape index (κ3) is 4.97. The third-order valence-corrected chi connectivity index (χ3v) is 5.27. The molecule has 4 rings (SSSR count). The Morgan fingerprint density at radius 3 is 2.67 bits per heavy atom. The standard InChI is InChI=1S/C21H25N5O4/c27-19(3-1-8-22-21-23-9-2-10-24-21)26-11-6-15(7-12-26)20(28)25-16-4-5-17-18(13-16)30-14-29-17/h2,4-5,9-10,13,15H,1,3,6-8,11-12,14H2,(H,25,28)(H,22,23,24). The second kappa shape index (κ2) is 9.43. The van der Waals surface area contributed by atoms with Gasteiger partial charge in [0.2, 0.25) is 24.6 Å². The summed E-state index contributed by atoms with van der Waals surface area (Å²) >= 11 is 0. The van der Waals surface area contributed by atoms with Crippen LogP contribution in [-0.4, -0.2) is 53.1 Å². The summed E-state index contributed by atoms with van der Waals surface area (Å²) in [6.45, 7) is 2.06. The zero-order chi connectivity index (χ0) is 20.8. The fraction of sp³-hybridized carbons (Fsp3) is 0.429. The van der Waals surface area contributed by atoms with Gasteiger partial charge in [-0.15, -0.1) is 0 Å². The Kier molecular flexibility index (Phi) is 6.26. The molecule has 2 aliphatic rings. The Morgan fingerprint density at radius 1 is 1.10 bits per heavy atom. The monoisotopic (exact) mass is 411 g/mol. The van der Waals surface area contributed by atoms with Crippen LogP contribution < -0.4 is 20.1 Å². The number of aromatic nitrogens is 2. The second-order valence-corrected chi connectivity index (χ2v) is 7.32. The van der Waals surface area contributed by atoms with Crippen molar-refractivity contribution >= 4 is 23.5 Å². The maximum Gasteiger partial charge on any atom is 0.231 e. The Hall–Kier alpha value is -3.36. The van der Waals surface area contributed by atoms with Crippen molar-refractivity contribution in [2.75, 3.05) is 37.1 Å². The van der Waals surface area contributed by atoms with Crippen LogP contribution in [0.5, 0.6) is 11.5 Å². The molecule has 3 heterocycles. The van der Waals surface area contributed by atoms with Crippen molar-refractivity contribution in [1.29, 1.82) is 0 Å². The number of benzene rings is 1. The predicted molar refractivity (Wildman–Crippen MR) is 110 cm³/mol. The molecule has 2 aliphatic heterocycles. The van der Waals surface area contributed by atoms with E-state index in [1.54, 1.807) is 36.7 Å². The number of carbonyl (C=O) groups excluding carboxylic acids is 2. The number of nitrogens with zero attached hydrogens (tertiary/aromatic N) is 3. The highest BCUT2D eigenvalue weighted by molar-refractivity contribution is 5.93. The number of rotatable bonds is 7. The lowest BCUT2D eigenvalue weighted by Crippen LogP contribution is -2.41. The van der Waals surface area contributed by atoms with E-state index in [2.05, 4.69) is 20.6 Å². The lowest BCUT2D eigenvalue weighted by Gasteiger charge is -2.31. The number of piperidine rings is 1. The number of amides is 2. The van der Waals surface area contributed by atoms with E-state index in [0.717, 1.165) is 0 Å². The maximum absolute atomic E-state index is 12.6. The average Bonchev–Trinajstić information content (AvgIpc) is 3.25. The molecule has 2 N–H and O–H groups in total. The van der Waals surface area contributed by atoms with Crippen molar-refractivity contribution in [3.8, 4) is 11.5 Å². The average molecular weight is 411 g/mol. The molecule has 158 valence electrons. The van der Waals surface area contributed by atoms with E-state index in [4.69, 9.17) is 9.47 Å². The summed E-state index contributed by atoms with van der Waals surface area (Å²) in [4.78, 5) is 35.0. The minimum Gasteiger partial charge on any atom is -0.454 e. The molecule has 0 radical (unpaired) electrons. The molecule has 2 amide bonds. The summed E-state index contributed by atoms with van der Waals surface area (Å²) in [5, 5.41) is 6.05. The topological polar surface area (TPSA) is 106 Å². The number of likely N-dealkylation sites (tertiary alicyclic amines) is 1. The van der Waals surface area contributed by atoms with Gasteiger partial charge in [0.25, 0.3) is 0 Å². The highest BCUT2D eigenvalue weighted by Crippen LogP contribution is 2.34. The van der Waals surface area contributed by atoms with Crippen molar-refractivity contribution in [1.82, 2.24) is 14.9 Å². The molecule has 0 atom stereocenters.